The lowest BCUT2D eigenvalue weighted by Gasteiger charge is -2.02. The van der Waals surface area contributed by atoms with Gasteiger partial charge in [0.25, 0.3) is 5.88 Å². The minimum Gasteiger partial charge on any atom is -0.473 e. The van der Waals surface area contributed by atoms with Gasteiger partial charge in [0, 0.05) is 7.11 Å². The first kappa shape index (κ1) is 12.8. The molecule has 0 unspecified atom stereocenters. The van der Waals surface area contributed by atoms with Crippen LogP contribution in [0.2, 0.25) is 0 Å². The topological polar surface area (TPSA) is 90.7 Å². The van der Waals surface area contributed by atoms with Crippen LogP contribution in [0.15, 0.2) is 4.52 Å². The summed E-state index contributed by atoms with van der Waals surface area (Å²) >= 11 is 0. The molecule has 0 saturated heterocycles. The number of anilines is 1. The Hall–Kier alpha value is -1.28. The van der Waals surface area contributed by atoms with Crippen molar-refractivity contribution in [3.05, 3.63) is 5.56 Å². The number of nitrogens with one attached hydrogen (secondary N) is 1. The average molecular weight is 250 g/mol. The number of aromatic nitrogens is 1. The summed E-state index contributed by atoms with van der Waals surface area (Å²) in [5.41, 5.74) is 0.501. The van der Waals surface area contributed by atoms with E-state index in [9.17, 15) is 8.42 Å². The molecule has 7 nitrogen and oxygen atoms in total. The Balaban J connectivity index is 2.69. The molecule has 1 aromatic rings. The smallest absolute Gasteiger partial charge is 0.259 e. The molecule has 0 aliphatic rings. The first-order valence-electron chi connectivity index (χ1n) is 4.50. The molecular formula is C8H14N2O5S. The van der Waals surface area contributed by atoms with Crippen molar-refractivity contribution in [2.75, 3.05) is 31.3 Å². The monoisotopic (exact) mass is 250 g/mol. The molecule has 0 amide bonds. The minimum absolute atomic E-state index is 0.0647. The summed E-state index contributed by atoms with van der Waals surface area (Å²) < 4.78 is 38.9. The van der Waals surface area contributed by atoms with Gasteiger partial charge in [0.1, 0.15) is 6.61 Å². The van der Waals surface area contributed by atoms with Crippen molar-refractivity contribution in [1.29, 1.82) is 0 Å². The summed E-state index contributed by atoms with van der Waals surface area (Å²) in [4.78, 5) is 0. The van der Waals surface area contributed by atoms with Crippen molar-refractivity contribution in [3.8, 4) is 5.88 Å². The second kappa shape index (κ2) is 5.17. The van der Waals surface area contributed by atoms with Crippen molar-refractivity contribution in [2.45, 2.75) is 6.92 Å². The van der Waals surface area contributed by atoms with E-state index in [4.69, 9.17) is 14.0 Å². The van der Waals surface area contributed by atoms with Gasteiger partial charge >= 0.3 is 0 Å². The van der Waals surface area contributed by atoms with Gasteiger partial charge in [-0.05, 0) is 12.1 Å². The number of methoxy groups -OCH3 is 1. The second-order valence-electron chi connectivity index (χ2n) is 3.16. The Kier molecular flexibility index (Phi) is 4.13. The van der Waals surface area contributed by atoms with Gasteiger partial charge in [-0.25, -0.2) is 8.42 Å². The molecule has 0 aliphatic heterocycles. The van der Waals surface area contributed by atoms with Crippen LogP contribution in [0.4, 0.5) is 5.88 Å². The van der Waals surface area contributed by atoms with E-state index in [1.807, 2.05) is 0 Å². The van der Waals surface area contributed by atoms with Crippen LogP contribution in [0, 0.1) is 6.92 Å². The number of sulfonamides is 1. The van der Waals surface area contributed by atoms with E-state index in [2.05, 4.69) is 9.88 Å². The zero-order valence-electron chi connectivity index (χ0n) is 9.31. The van der Waals surface area contributed by atoms with Gasteiger partial charge in [-0.1, -0.05) is 0 Å². The largest absolute Gasteiger partial charge is 0.473 e. The van der Waals surface area contributed by atoms with E-state index in [-0.39, 0.29) is 11.8 Å². The maximum Gasteiger partial charge on any atom is 0.259 e. The van der Waals surface area contributed by atoms with Crippen molar-refractivity contribution in [3.63, 3.8) is 0 Å². The van der Waals surface area contributed by atoms with Gasteiger partial charge in [-0.2, -0.15) is 0 Å². The molecule has 8 heteroatoms. The quantitative estimate of drug-likeness (QED) is 0.734. The number of rotatable bonds is 6. The highest BCUT2D eigenvalue weighted by molar-refractivity contribution is 7.92. The fourth-order valence-electron chi connectivity index (χ4n) is 0.941. The summed E-state index contributed by atoms with van der Waals surface area (Å²) in [6, 6.07) is 0. The normalized spacial score (nSPS) is 11.4. The maximum atomic E-state index is 11.0. The van der Waals surface area contributed by atoms with E-state index in [1.165, 1.54) is 0 Å². The molecule has 0 fully saturated rings. The predicted octanol–water partition coefficient (Wildman–Crippen LogP) is 0.380. The molecule has 0 radical (unpaired) electrons. The van der Waals surface area contributed by atoms with E-state index in [1.54, 1.807) is 14.0 Å². The Morgan fingerprint density at radius 3 is 2.69 bits per heavy atom. The second-order valence-corrected chi connectivity index (χ2v) is 4.91. The molecule has 0 aliphatic carbocycles. The number of nitrogens with zero attached hydrogens (tertiary/aromatic N) is 1. The average Bonchev–Trinajstić information content (AvgIpc) is 2.48. The third-order valence-corrected chi connectivity index (χ3v) is 2.24. The zero-order chi connectivity index (χ0) is 12.2. The van der Waals surface area contributed by atoms with Crippen molar-refractivity contribution >= 4 is 15.9 Å². The molecular weight excluding hydrogens is 236 g/mol. The molecule has 0 saturated carbocycles. The Bertz CT molecular complexity index is 439. The van der Waals surface area contributed by atoms with Crippen molar-refractivity contribution in [1.82, 2.24) is 5.16 Å². The zero-order valence-corrected chi connectivity index (χ0v) is 10.1. The molecule has 0 aromatic carbocycles. The van der Waals surface area contributed by atoms with Crippen LogP contribution in [-0.2, 0) is 14.8 Å². The third kappa shape index (κ3) is 3.70. The first-order valence-corrected chi connectivity index (χ1v) is 6.39. The lowest BCUT2D eigenvalue weighted by molar-refractivity contribution is 0.140. The summed E-state index contributed by atoms with van der Waals surface area (Å²) in [6.07, 6.45) is 1.03. The highest BCUT2D eigenvalue weighted by Gasteiger charge is 2.15. The Labute approximate surface area is 93.8 Å². The minimum atomic E-state index is -3.38. The van der Waals surface area contributed by atoms with Gasteiger partial charge in [0.05, 0.1) is 18.4 Å². The summed E-state index contributed by atoms with van der Waals surface area (Å²) in [6.45, 7) is 2.38. The van der Waals surface area contributed by atoms with Crippen LogP contribution >= 0.6 is 0 Å². The van der Waals surface area contributed by atoms with Crippen LogP contribution in [-0.4, -0.2) is 40.2 Å². The molecule has 92 valence electrons. The molecule has 0 bridgehead atoms. The van der Waals surface area contributed by atoms with Gasteiger partial charge in [-0.15, -0.1) is 0 Å². The summed E-state index contributed by atoms with van der Waals surface area (Å²) in [5, 5.41) is 3.59. The summed E-state index contributed by atoms with van der Waals surface area (Å²) in [7, 11) is -1.82. The predicted molar refractivity (Wildman–Crippen MR) is 57.1 cm³/mol. The highest BCUT2D eigenvalue weighted by Crippen LogP contribution is 2.25. The molecule has 1 heterocycles. The molecule has 0 atom stereocenters. The molecule has 16 heavy (non-hydrogen) atoms. The van der Waals surface area contributed by atoms with Gasteiger partial charge in [0.2, 0.25) is 15.9 Å². The van der Waals surface area contributed by atoms with Gasteiger partial charge in [-0.3, -0.25) is 4.72 Å². The maximum absolute atomic E-state index is 11.0. The third-order valence-electron chi connectivity index (χ3n) is 1.69. The van der Waals surface area contributed by atoms with Gasteiger partial charge in [0.15, 0.2) is 0 Å². The fraction of sp³-hybridized carbons (Fsp3) is 0.625. The van der Waals surface area contributed by atoms with E-state index in [0.717, 1.165) is 6.26 Å². The molecule has 1 rings (SSSR count). The van der Waals surface area contributed by atoms with Crippen molar-refractivity contribution < 1.29 is 22.4 Å². The van der Waals surface area contributed by atoms with Crippen LogP contribution in [0.25, 0.3) is 0 Å². The standard InChI is InChI=1S/C8H14N2O5S/c1-6-7(14-5-4-13-2)9-15-8(6)10-16(3,11)12/h10H,4-5H2,1-3H3. The fourth-order valence-corrected chi connectivity index (χ4v) is 1.47. The van der Waals surface area contributed by atoms with E-state index < -0.39 is 10.0 Å². The number of ether oxygens (including phenoxy) is 2. The Morgan fingerprint density at radius 1 is 1.44 bits per heavy atom. The summed E-state index contributed by atoms with van der Waals surface area (Å²) in [5.74, 6) is 0.318. The van der Waals surface area contributed by atoms with Crippen LogP contribution in [0.5, 0.6) is 5.88 Å². The van der Waals surface area contributed by atoms with Crippen molar-refractivity contribution in [2.24, 2.45) is 0 Å². The first-order chi connectivity index (χ1) is 7.44. The molecule has 0 spiro atoms. The van der Waals surface area contributed by atoms with Crippen LogP contribution in [0.3, 0.4) is 0 Å². The number of hydrogen-bond donors (Lipinski definition) is 1. The number of hydrogen-bond acceptors (Lipinski definition) is 6. The van der Waals surface area contributed by atoms with E-state index in [0.29, 0.717) is 18.8 Å². The SMILES string of the molecule is COCCOc1noc(NS(C)(=O)=O)c1C. The van der Waals surface area contributed by atoms with E-state index >= 15 is 0 Å². The van der Waals surface area contributed by atoms with Crippen LogP contribution < -0.4 is 9.46 Å². The van der Waals surface area contributed by atoms with Crippen LogP contribution in [0.1, 0.15) is 5.56 Å². The molecule has 1 N–H and O–H groups in total. The lowest BCUT2D eigenvalue weighted by Crippen LogP contribution is -2.10. The highest BCUT2D eigenvalue weighted by atomic mass is 32.2. The van der Waals surface area contributed by atoms with Gasteiger partial charge < -0.3 is 14.0 Å². The Morgan fingerprint density at radius 2 is 2.12 bits per heavy atom. The lowest BCUT2D eigenvalue weighted by atomic mass is 10.4. The molecule has 1 aromatic heterocycles.